The van der Waals surface area contributed by atoms with Crippen LogP contribution in [0.3, 0.4) is 0 Å². The Morgan fingerprint density at radius 2 is 1.55 bits per heavy atom. The van der Waals surface area contributed by atoms with E-state index in [0.29, 0.717) is 11.7 Å². The molecule has 2 saturated heterocycles. The van der Waals surface area contributed by atoms with Crippen molar-refractivity contribution in [1.82, 2.24) is 0 Å². The van der Waals surface area contributed by atoms with E-state index in [-0.39, 0.29) is 0 Å². The van der Waals surface area contributed by atoms with E-state index >= 15 is 0 Å². The molecule has 2 unspecified atom stereocenters. The van der Waals surface area contributed by atoms with Crippen molar-refractivity contribution in [2.24, 2.45) is 5.92 Å². The summed E-state index contributed by atoms with van der Waals surface area (Å²) in [6.07, 6.45) is 16.6. The Morgan fingerprint density at radius 3 is 2.20 bits per heavy atom. The van der Waals surface area contributed by atoms with Gasteiger partial charge in [0.05, 0.1) is 0 Å². The zero-order valence-electron chi connectivity index (χ0n) is 13.2. The number of Topliss-reactive ketones (excluding diaryl/α,β-unsaturated/α-hetero) is 1. The number of unbranched alkanes of at least 4 members (excludes halogenated alkanes) is 6. The van der Waals surface area contributed by atoms with Crippen molar-refractivity contribution in [2.75, 3.05) is 0 Å². The van der Waals surface area contributed by atoms with E-state index in [1.165, 1.54) is 70.6 Å². The Kier molecular flexibility index (Phi) is 7.48. The Balaban J connectivity index is 1.56. The van der Waals surface area contributed by atoms with E-state index in [2.05, 4.69) is 18.7 Å². The van der Waals surface area contributed by atoms with Gasteiger partial charge in [-0.05, 0) is 32.1 Å². The first-order valence-electron chi connectivity index (χ1n) is 8.97. The van der Waals surface area contributed by atoms with Gasteiger partial charge in [-0.25, -0.2) is 0 Å². The number of carbonyl (C=O) groups excluding carboxylic acids is 1. The lowest BCUT2D eigenvalue weighted by atomic mass is 9.85. The topological polar surface area (TPSA) is 17.1 Å². The molecule has 0 N–H and O–H groups in total. The van der Waals surface area contributed by atoms with Crippen LogP contribution in [0.25, 0.3) is 0 Å². The van der Waals surface area contributed by atoms with Crippen LogP contribution in [0.5, 0.6) is 0 Å². The summed E-state index contributed by atoms with van der Waals surface area (Å²) >= 11 is 2.18. The van der Waals surface area contributed by atoms with Crippen LogP contribution in [-0.4, -0.2) is 16.3 Å². The largest absolute Gasteiger partial charge is 0.299 e. The molecule has 2 bridgehead atoms. The minimum atomic E-state index is 0.423. The minimum Gasteiger partial charge on any atom is -0.299 e. The summed E-state index contributed by atoms with van der Waals surface area (Å²) in [5.74, 6) is 1.02. The van der Waals surface area contributed by atoms with Crippen LogP contribution in [0.1, 0.15) is 90.4 Å². The van der Waals surface area contributed by atoms with Gasteiger partial charge in [0, 0.05) is 22.8 Å². The molecular formula is C18H32OS. The van der Waals surface area contributed by atoms with Crippen molar-refractivity contribution >= 4 is 17.5 Å². The van der Waals surface area contributed by atoms with Gasteiger partial charge in [-0.2, -0.15) is 11.8 Å². The normalized spacial score (nSPS) is 29.4. The van der Waals surface area contributed by atoms with Gasteiger partial charge < -0.3 is 0 Å². The Hall–Kier alpha value is 0.0200. The molecule has 2 fully saturated rings. The summed E-state index contributed by atoms with van der Waals surface area (Å²) in [5.41, 5.74) is 0. The van der Waals surface area contributed by atoms with E-state index in [1.54, 1.807) is 0 Å². The van der Waals surface area contributed by atoms with Crippen LogP contribution in [0, 0.1) is 5.92 Å². The molecule has 2 atom stereocenters. The predicted octanol–water partition coefficient (Wildman–Crippen LogP) is 5.76. The summed E-state index contributed by atoms with van der Waals surface area (Å²) in [6.45, 7) is 2.26. The van der Waals surface area contributed by atoms with Crippen LogP contribution in [0.4, 0.5) is 0 Å². The predicted molar refractivity (Wildman–Crippen MR) is 89.4 cm³/mol. The fourth-order valence-electron chi connectivity index (χ4n) is 3.78. The quantitative estimate of drug-likeness (QED) is 0.503. The van der Waals surface area contributed by atoms with Crippen LogP contribution in [-0.2, 0) is 4.79 Å². The summed E-state index contributed by atoms with van der Waals surface area (Å²) in [6, 6.07) is 0. The van der Waals surface area contributed by atoms with Gasteiger partial charge in [0.25, 0.3) is 0 Å². The van der Waals surface area contributed by atoms with Gasteiger partial charge in [0.2, 0.25) is 0 Å². The van der Waals surface area contributed by atoms with Crippen molar-refractivity contribution in [1.29, 1.82) is 0 Å². The SMILES string of the molecule is CCCCCCCCCC(=O)C1CC2CCCC(C1)S2. The number of hydrogen-bond donors (Lipinski definition) is 0. The summed E-state index contributed by atoms with van der Waals surface area (Å²) in [7, 11) is 0. The number of ketones is 1. The minimum absolute atomic E-state index is 0.423. The second kappa shape index (κ2) is 9.12. The summed E-state index contributed by atoms with van der Waals surface area (Å²) in [4.78, 5) is 12.4. The lowest BCUT2D eigenvalue weighted by Gasteiger charge is -2.38. The van der Waals surface area contributed by atoms with E-state index < -0.39 is 0 Å². The Morgan fingerprint density at radius 1 is 0.950 bits per heavy atom. The highest BCUT2D eigenvalue weighted by molar-refractivity contribution is 8.00. The van der Waals surface area contributed by atoms with E-state index in [1.807, 2.05) is 0 Å². The van der Waals surface area contributed by atoms with Crippen molar-refractivity contribution in [3.05, 3.63) is 0 Å². The second-order valence-corrected chi connectivity index (χ2v) is 8.42. The van der Waals surface area contributed by atoms with Crippen molar-refractivity contribution in [2.45, 2.75) is 101 Å². The van der Waals surface area contributed by atoms with Crippen LogP contribution < -0.4 is 0 Å². The highest BCUT2D eigenvalue weighted by Crippen LogP contribution is 2.44. The number of thioether (sulfide) groups is 1. The molecule has 2 rings (SSSR count). The van der Waals surface area contributed by atoms with Gasteiger partial charge in [-0.15, -0.1) is 0 Å². The molecular weight excluding hydrogens is 264 g/mol. The zero-order valence-corrected chi connectivity index (χ0v) is 14.1. The maximum Gasteiger partial charge on any atom is 0.136 e. The number of carbonyl (C=O) groups is 1. The lowest BCUT2D eigenvalue weighted by molar-refractivity contribution is -0.123. The van der Waals surface area contributed by atoms with E-state index in [0.717, 1.165) is 23.3 Å². The molecule has 0 aromatic heterocycles. The average Bonchev–Trinajstić information content (AvgIpc) is 2.45. The molecule has 0 aliphatic carbocycles. The summed E-state index contributed by atoms with van der Waals surface area (Å²) in [5, 5.41) is 1.62. The maximum absolute atomic E-state index is 12.4. The standard InChI is InChI=1S/C18H32OS/c1-2-3-4-5-6-7-8-12-18(19)15-13-16-10-9-11-17(14-15)20-16/h15-17H,2-14H2,1H3. The number of fused-ring (bicyclic) bond motifs is 2. The number of rotatable bonds is 9. The van der Waals surface area contributed by atoms with Crippen molar-refractivity contribution in [3.8, 4) is 0 Å². The van der Waals surface area contributed by atoms with E-state index in [9.17, 15) is 4.79 Å². The molecule has 116 valence electrons. The van der Waals surface area contributed by atoms with Crippen molar-refractivity contribution in [3.63, 3.8) is 0 Å². The molecule has 0 spiro atoms. The first-order valence-corrected chi connectivity index (χ1v) is 9.92. The van der Waals surface area contributed by atoms with E-state index in [4.69, 9.17) is 0 Å². The van der Waals surface area contributed by atoms with Crippen LogP contribution in [0.15, 0.2) is 0 Å². The molecule has 20 heavy (non-hydrogen) atoms. The maximum atomic E-state index is 12.4. The fraction of sp³-hybridized carbons (Fsp3) is 0.944. The number of hydrogen-bond acceptors (Lipinski definition) is 2. The lowest BCUT2D eigenvalue weighted by Crippen LogP contribution is -2.32. The fourth-order valence-corrected chi connectivity index (χ4v) is 5.62. The third kappa shape index (κ3) is 5.42. The highest BCUT2D eigenvalue weighted by Gasteiger charge is 2.34. The zero-order chi connectivity index (χ0) is 14.2. The van der Waals surface area contributed by atoms with Gasteiger partial charge in [0.15, 0.2) is 0 Å². The highest BCUT2D eigenvalue weighted by atomic mass is 32.2. The van der Waals surface area contributed by atoms with Crippen LogP contribution >= 0.6 is 11.8 Å². The molecule has 0 aromatic carbocycles. The van der Waals surface area contributed by atoms with Gasteiger partial charge in [-0.1, -0.05) is 51.9 Å². The molecule has 2 aliphatic rings. The molecule has 0 aromatic rings. The molecule has 1 nitrogen and oxygen atoms in total. The van der Waals surface area contributed by atoms with Gasteiger partial charge >= 0.3 is 0 Å². The first-order chi connectivity index (χ1) is 9.79. The molecule has 0 amide bonds. The average molecular weight is 297 g/mol. The first kappa shape index (κ1) is 16.4. The van der Waals surface area contributed by atoms with Gasteiger partial charge in [0.1, 0.15) is 5.78 Å². The third-order valence-corrected chi connectivity index (χ3v) is 6.64. The smallest absolute Gasteiger partial charge is 0.136 e. The van der Waals surface area contributed by atoms with Gasteiger partial charge in [-0.3, -0.25) is 4.79 Å². The summed E-state index contributed by atoms with van der Waals surface area (Å²) < 4.78 is 0. The molecule has 0 radical (unpaired) electrons. The Bertz CT molecular complexity index is 277. The Labute approximate surface area is 129 Å². The molecule has 2 aliphatic heterocycles. The van der Waals surface area contributed by atoms with Crippen LogP contribution in [0.2, 0.25) is 0 Å². The third-order valence-electron chi connectivity index (χ3n) is 5.01. The molecule has 2 heteroatoms. The van der Waals surface area contributed by atoms with Crippen molar-refractivity contribution < 1.29 is 4.79 Å². The molecule has 0 saturated carbocycles. The molecule has 2 heterocycles. The monoisotopic (exact) mass is 296 g/mol. The second-order valence-electron chi connectivity index (χ2n) is 6.82.